The van der Waals surface area contributed by atoms with Gasteiger partial charge in [-0.1, -0.05) is 18.7 Å². The highest BCUT2D eigenvalue weighted by Crippen LogP contribution is 2.18. The molecule has 3 heterocycles. The molecule has 7 nitrogen and oxygen atoms in total. The van der Waals surface area contributed by atoms with Crippen molar-refractivity contribution >= 4 is 23.4 Å². The molecule has 0 aliphatic carbocycles. The Hall–Kier alpha value is -1.67. The number of aryl methyl sites for hydroxylation is 2. The van der Waals surface area contributed by atoms with E-state index >= 15 is 0 Å². The number of rotatable bonds is 8. The van der Waals surface area contributed by atoms with Crippen molar-refractivity contribution in [2.45, 2.75) is 58.0 Å². The quantitative estimate of drug-likeness (QED) is 0.538. The fraction of sp³-hybridized carbons (Fsp3) is 0.700. The molecule has 2 aromatic heterocycles. The van der Waals surface area contributed by atoms with Gasteiger partial charge in [-0.25, -0.2) is 9.50 Å². The van der Waals surface area contributed by atoms with Crippen molar-refractivity contribution < 1.29 is 4.79 Å². The Bertz CT molecular complexity index is 813. The minimum absolute atomic E-state index is 0.106. The molecule has 1 amide bonds. The summed E-state index contributed by atoms with van der Waals surface area (Å²) in [6.07, 6.45) is 6.71. The number of piperidine rings is 1. The van der Waals surface area contributed by atoms with Crippen LogP contribution in [0.3, 0.4) is 0 Å². The van der Waals surface area contributed by atoms with Crippen LogP contribution < -0.4 is 5.32 Å². The Morgan fingerprint density at radius 1 is 1.25 bits per heavy atom. The summed E-state index contributed by atoms with van der Waals surface area (Å²) in [4.78, 5) is 23.7. The van der Waals surface area contributed by atoms with E-state index in [1.165, 1.54) is 37.7 Å². The van der Waals surface area contributed by atoms with Crippen LogP contribution in [0.2, 0.25) is 0 Å². The van der Waals surface area contributed by atoms with Gasteiger partial charge in [0.25, 0.3) is 5.78 Å². The number of carbonyl (C=O) groups is 1. The molecule has 0 radical (unpaired) electrons. The number of fused-ring (bicyclic) bond motifs is 1. The molecular weight excluding hydrogens is 372 g/mol. The molecule has 0 saturated carbocycles. The third-order valence-corrected chi connectivity index (χ3v) is 6.20. The van der Waals surface area contributed by atoms with Crippen LogP contribution in [-0.2, 0) is 11.2 Å². The molecule has 1 fully saturated rings. The van der Waals surface area contributed by atoms with Gasteiger partial charge in [-0.05, 0) is 76.9 Å². The normalized spacial score (nSPS) is 16.0. The van der Waals surface area contributed by atoms with Crippen LogP contribution in [0, 0.1) is 19.8 Å². The SMILES string of the molecule is CSc1nc2nc(C)c(CCC(=O)NCCCN3CCC(C)CC3)c(C)n2n1. The average Bonchev–Trinajstić information content (AvgIpc) is 3.10. The van der Waals surface area contributed by atoms with Gasteiger partial charge in [0.05, 0.1) is 0 Å². The lowest BCUT2D eigenvalue weighted by Gasteiger charge is -2.30. The van der Waals surface area contributed by atoms with Crippen molar-refractivity contribution in [3.8, 4) is 0 Å². The summed E-state index contributed by atoms with van der Waals surface area (Å²) in [5.41, 5.74) is 3.03. The zero-order chi connectivity index (χ0) is 20.1. The summed E-state index contributed by atoms with van der Waals surface area (Å²) >= 11 is 1.50. The van der Waals surface area contributed by atoms with E-state index in [0.717, 1.165) is 42.4 Å². The summed E-state index contributed by atoms with van der Waals surface area (Å²) < 4.78 is 1.78. The largest absolute Gasteiger partial charge is 0.356 e. The fourth-order valence-electron chi connectivity index (χ4n) is 3.78. The van der Waals surface area contributed by atoms with Crippen LogP contribution in [0.4, 0.5) is 0 Å². The van der Waals surface area contributed by atoms with Crippen LogP contribution >= 0.6 is 11.8 Å². The number of carbonyl (C=O) groups excluding carboxylic acids is 1. The Kier molecular flexibility index (Phi) is 7.29. The predicted molar refractivity (Wildman–Crippen MR) is 113 cm³/mol. The van der Waals surface area contributed by atoms with Gasteiger partial charge in [-0.2, -0.15) is 4.98 Å². The molecule has 0 atom stereocenters. The molecule has 0 aromatic carbocycles. The second-order valence-electron chi connectivity index (χ2n) is 7.80. The van der Waals surface area contributed by atoms with Crippen molar-refractivity contribution in [3.05, 3.63) is 17.0 Å². The minimum atomic E-state index is 0.106. The van der Waals surface area contributed by atoms with Crippen molar-refractivity contribution in [3.63, 3.8) is 0 Å². The van der Waals surface area contributed by atoms with Crippen LogP contribution in [-0.4, -0.2) is 62.8 Å². The molecular formula is C20H32N6OS. The number of hydrogen-bond donors (Lipinski definition) is 1. The van der Waals surface area contributed by atoms with E-state index < -0.39 is 0 Å². The Balaban J connectivity index is 1.45. The average molecular weight is 405 g/mol. The maximum absolute atomic E-state index is 12.3. The Morgan fingerprint density at radius 2 is 2.00 bits per heavy atom. The van der Waals surface area contributed by atoms with E-state index in [4.69, 9.17) is 0 Å². The molecule has 154 valence electrons. The van der Waals surface area contributed by atoms with Gasteiger partial charge in [0.1, 0.15) is 0 Å². The van der Waals surface area contributed by atoms with Crippen LogP contribution in [0.5, 0.6) is 0 Å². The highest BCUT2D eigenvalue weighted by atomic mass is 32.2. The number of amides is 1. The lowest BCUT2D eigenvalue weighted by atomic mass is 9.99. The summed E-state index contributed by atoms with van der Waals surface area (Å²) in [5, 5.41) is 8.25. The topological polar surface area (TPSA) is 75.4 Å². The lowest BCUT2D eigenvalue weighted by Crippen LogP contribution is -2.35. The molecule has 8 heteroatoms. The number of nitrogens with one attached hydrogen (secondary N) is 1. The second-order valence-corrected chi connectivity index (χ2v) is 8.57. The number of hydrogen-bond acceptors (Lipinski definition) is 6. The van der Waals surface area contributed by atoms with E-state index in [2.05, 4.69) is 32.2 Å². The van der Waals surface area contributed by atoms with Crippen molar-refractivity contribution in [1.82, 2.24) is 29.8 Å². The standard InChI is InChI=1S/C20H32N6OS/c1-14-8-12-25(13-9-14)11-5-10-21-18(27)7-6-17-15(2)22-19-23-20(28-4)24-26(19)16(17)3/h14H,5-13H2,1-4H3,(H,21,27). The molecule has 3 rings (SSSR count). The Labute approximate surface area is 171 Å². The van der Waals surface area contributed by atoms with Crippen molar-refractivity contribution in [2.24, 2.45) is 5.92 Å². The summed E-state index contributed by atoms with van der Waals surface area (Å²) in [7, 11) is 0. The molecule has 0 bridgehead atoms. The highest BCUT2D eigenvalue weighted by molar-refractivity contribution is 7.98. The number of aromatic nitrogens is 4. The molecule has 2 aromatic rings. The maximum atomic E-state index is 12.3. The van der Waals surface area contributed by atoms with E-state index in [9.17, 15) is 4.79 Å². The van der Waals surface area contributed by atoms with Gasteiger partial charge >= 0.3 is 0 Å². The van der Waals surface area contributed by atoms with Gasteiger partial charge in [-0.3, -0.25) is 4.79 Å². The first-order chi connectivity index (χ1) is 13.5. The van der Waals surface area contributed by atoms with Gasteiger partial charge in [0.2, 0.25) is 11.1 Å². The van der Waals surface area contributed by atoms with E-state index in [1.807, 2.05) is 20.1 Å². The first-order valence-electron chi connectivity index (χ1n) is 10.2. The smallest absolute Gasteiger partial charge is 0.253 e. The third kappa shape index (κ3) is 5.23. The Morgan fingerprint density at radius 3 is 2.71 bits per heavy atom. The number of thioether (sulfide) groups is 1. The predicted octanol–water partition coefficient (Wildman–Crippen LogP) is 2.63. The van der Waals surface area contributed by atoms with E-state index in [0.29, 0.717) is 23.8 Å². The molecule has 1 saturated heterocycles. The summed E-state index contributed by atoms with van der Waals surface area (Å²) in [5.74, 6) is 1.59. The number of likely N-dealkylation sites (tertiary alicyclic amines) is 1. The summed E-state index contributed by atoms with van der Waals surface area (Å²) in [6, 6.07) is 0. The first-order valence-corrected chi connectivity index (χ1v) is 11.5. The van der Waals surface area contributed by atoms with E-state index in [-0.39, 0.29) is 5.91 Å². The zero-order valence-corrected chi connectivity index (χ0v) is 18.3. The zero-order valence-electron chi connectivity index (χ0n) is 17.5. The third-order valence-electron chi connectivity index (χ3n) is 5.66. The molecule has 0 spiro atoms. The van der Waals surface area contributed by atoms with Gasteiger partial charge in [-0.15, -0.1) is 5.10 Å². The van der Waals surface area contributed by atoms with Crippen LogP contribution in [0.25, 0.3) is 5.78 Å². The second kappa shape index (κ2) is 9.69. The fourth-order valence-corrected chi connectivity index (χ4v) is 4.12. The van der Waals surface area contributed by atoms with Crippen molar-refractivity contribution in [2.75, 3.05) is 32.4 Å². The minimum Gasteiger partial charge on any atom is -0.356 e. The molecule has 28 heavy (non-hydrogen) atoms. The summed E-state index contributed by atoms with van der Waals surface area (Å²) in [6.45, 7) is 10.6. The number of nitrogens with zero attached hydrogens (tertiary/aromatic N) is 5. The lowest BCUT2D eigenvalue weighted by molar-refractivity contribution is -0.121. The maximum Gasteiger partial charge on any atom is 0.253 e. The monoisotopic (exact) mass is 404 g/mol. The first kappa shape index (κ1) is 21.0. The van der Waals surface area contributed by atoms with Gasteiger partial charge < -0.3 is 10.2 Å². The van der Waals surface area contributed by atoms with Crippen molar-refractivity contribution in [1.29, 1.82) is 0 Å². The van der Waals surface area contributed by atoms with Crippen LogP contribution in [0.1, 0.15) is 49.6 Å². The van der Waals surface area contributed by atoms with E-state index in [1.54, 1.807) is 4.52 Å². The highest BCUT2D eigenvalue weighted by Gasteiger charge is 2.16. The molecule has 1 aliphatic rings. The van der Waals surface area contributed by atoms with Gasteiger partial charge in [0, 0.05) is 24.4 Å². The van der Waals surface area contributed by atoms with Crippen LogP contribution in [0.15, 0.2) is 5.16 Å². The molecule has 1 N–H and O–H groups in total. The molecule has 1 aliphatic heterocycles. The van der Waals surface area contributed by atoms with Gasteiger partial charge in [0.15, 0.2) is 0 Å². The molecule has 0 unspecified atom stereocenters.